The van der Waals surface area contributed by atoms with E-state index >= 15 is 0 Å². The Kier molecular flexibility index (Phi) is 4.97. The van der Waals surface area contributed by atoms with E-state index in [0.717, 1.165) is 11.3 Å². The van der Waals surface area contributed by atoms with E-state index in [-0.39, 0.29) is 11.9 Å². The fourth-order valence-corrected chi connectivity index (χ4v) is 3.16. The van der Waals surface area contributed by atoms with Gasteiger partial charge >= 0.3 is 0 Å². The van der Waals surface area contributed by atoms with Gasteiger partial charge in [0, 0.05) is 38.2 Å². The summed E-state index contributed by atoms with van der Waals surface area (Å²) < 4.78 is 12.8. The second kappa shape index (κ2) is 7.71. The summed E-state index contributed by atoms with van der Waals surface area (Å²) in [5.74, 6) is 0.949. The van der Waals surface area contributed by atoms with Gasteiger partial charge in [0.25, 0.3) is 5.89 Å². The van der Waals surface area contributed by atoms with Gasteiger partial charge in [0.1, 0.15) is 6.04 Å². The number of morpholine rings is 1. The molecule has 1 aromatic carbocycles. The normalized spacial score (nSPS) is 17.2. The second-order valence-electron chi connectivity index (χ2n) is 6.48. The van der Waals surface area contributed by atoms with Crippen molar-refractivity contribution < 1.29 is 14.1 Å². The summed E-state index contributed by atoms with van der Waals surface area (Å²) in [4.78, 5) is 19.0. The summed E-state index contributed by atoms with van der Waals surface area (Å²) in [6.45, 7) is 1.37. The maximum Gasteiger partial charge on any atom is 0.252 e. The number of benzene rings is 1. The highest BCUT2D eigenvalue weighted by Gasteiger charge is 2.32. The topological polar surface area (TPSA) is 86.3 Å². The molecule has 8 heteroatoms. The summed E-state index contributed by atoms with van der Waals surface area (Å²) in [5.41, 5.74) is 1.78. The van der Waals surface area contributed by atoms with Crippen LogP contribution in [0.4, 0.5) is 0 Å². The number of carbonyl (C=O) groups excluding carboxylic acids is 1. The van der Waals surface area contributed by atoms with Crippen LogP contribution in [0, 0.1) is 0 Å². The molecule has 1 unspecified atom stereocenters. The molecule has 3 aromatic rings. The Morgan fingerprint density at radius 1 is 1.26 bits per heavy atom. The zero-order valence-corrected chi connectivity index (χ0v) is 15.1. The van der Waals surface area contributed by atoms with Crippen molar-refractivity contribution in [2.45, 2.75) is 18.9 Å². The molecule has 140 valence electrons. The fraction of sp³-hybridized carbons (Fsp3) is 0.368. The average molecular weight is 367 g/mol. The first-order valence-electron chi connectivity index (χ1n) is 8.95. The summed E-state index contributed by atoms with van der Waals surface area (Å²) in [6.07, 6.45) is 2.86. The lowest BCUT2D eigenvalue weighted by atomic mass is 10.1. The molecule has 0 N–H and O–H groups in total. The molecule has 8 nitrogen and oxygen atoms in total. The molecular formula is C19H21N5O3. The number of aromatic nitrogens is 4. The molecule has 3 heterocycles. The number of hydrogen-bond acceptors (Lipinski definition) is 6. The molecular weight excluding hydrogens is 346 g/mol. The average Bonchev–Trinajstić information content (AvgIpc) is 3.36. The highest BCUT2D eigenvalue weighted by Crippen LogP contribution is 2.26. The number of rotatable bonds is 5. The van der Waals surface area contributed by atoms with Crippen LogP contribution in [0.1, 0.15) is 24.0 Å². The van der Waals surface area contributed by atoms with Crippen molar-refractivity contribution in [2.75, 3.05) is 19.8 Å². The van der Waals surface area contributed by atoms with Crippen molar-refractivity contribution in [3.8, 4) is 11.4 Å². The zero-order valence-electron chi connectivity index (χ0n) is 15.1. The molecule has 0 saturated carbocycles. The maximum absolute atomic E-state index is 12.8. The molecule has 4 rings (SSSR count). The van der Waals surface area contributed by atoms with Gasteiger partial charge < -0.3 is 14.2 Å². The summed E-state index contributed by atoms with van der Waals surface area (Å²) in [6, 6.07) is 11.2. The SMILES string of the molecule is Cn1ccc(CCC(=O)N2CCOCC2c2nc(-c3ccccc3)no2)n1. The van der Waals surface area contributed by atoms with Crippen molar-refractivity contribution in [1.82, 2.24) is 24.8 Å². The standard InChI is InChI=1S/C19H21N5O3/c1-23-10-9-15(21-23)7-8-17(25)24-11-12-26-13-16(24)19-20-18(22-27-19)14-5-3-2-4-6-14/h2-6,9-10,16H,7-8,11-13H2,1H3. The summed E-state index contributed by atoms with van der Waals surface area (Å²) in [5, 5.41) is 8.38. The van der Waals surface area contributed by atoms with Gasteiger partial charge in [-0.1, -0.05) is 35.5 Å². The van der Waals surface area contributed by atoms with Crippen molar-refractivity contribution in [2.24, 2.45) is 7.05 Å². The third-order valence-electron chi connectivity index (χ3n) is 4.57. The lowest BCUT2D eigenvalue weighted by Gasteiger charge is -2.33. The van der Waals surface area contributed by atoms with Crippen LogP contribution in [0.15, 0.2) is 47.1 Å². The fourth-order valence-electron chi connectivity index (χ4n) is 3.16. The molecule has 1 amide bonds. The smallest absolute Gasteiger partial charge is 0.252 e. The first-order chi connectivity index (χ1) is 13.2. The summed E-state index contributed by atoms with van der Waals surface area (Å²) >= 11 is 0. The Morgan fingerprint density at radius 2 is 2.11 bits per heavy atom. The highest BCUT2D eigenvalue weighted by molar-refractivity contribution is 5.77. The predicted octanol–water partition coefficient (Wildman–Crippen LogP) is 2.00. The van der Waals surface area contributed by atoms with Crippen LogP contribution >= 0.6 is 0 Å². The monoisotopic (exact) mass is 367 g/mol. The quantitative estimate of drug-likeness (QED) is 0.686. The van der Waals surface area contributed by atoms with Crippen molar-refractivity contribution >= 4 is 5.91 Å². The van der Waals surface area contributed by atoms with Crippen LogP contribution in [-0.4, -0.2) is 50.5 Å². The van der Waals surface area contributed by atoms with Crippen molar-refractivity contribution in [3.63, 3.8) is 0 Å². The minimum absolute atomic E-state index is 0.0356. The Balaban J connectivity index is 1.47. The zero-order chi connectivity index (χ0) is 18.6. The number of nitrogens with zero attached hydrogens (tertiary/aromatic N) is 5. The van der Waals surface area contributed by atoms with Gasteiger partial charge in [-0.15, -0.1) is 0 Å². The number of ether oxygens (including phenoxy) is 1. The third-order valence-corrected chi connectivity index (χ3v) is 4.57. The van der Waals surface area contributed by atoms with Gasteiger partial charge in [0.05, 0.1) is 18.9 Å². The Labute approximate surface area is 156 Å². The molecule has 1 fully saturated rings. The molecule has 1 saturated heterocycles. The van der Waals surface area contributed by atoms with Gasteiger partial charge in [0.15, 0.2) is 0 Å². The van der Waals surface area contributed by atoms with Gasteiger partial charge in [-0.05, 0) is 6.07 Å². The van der Waals surface area contributed by atoms with E-state index < -0.39 is 0 Å². The molecule has 0 aliphatic carbocycles. The van der Waals surface area contributed by atoms with Gasteiger partial charge in [-0.3, -0.25) is 9.48 Å². The maximum atomic E-state index is 12.8. The number of aryl methyl sites for hydroxylation is 2. The van der Waals surface area contributed by atoms with Gasteiger partial charge in [-0.2, -0.15) is 10.1 Å². The molecule has 0 spiro atoms. The minimum Gasteiger partial charge on any atom is -0.377 e. The third kappa shape index (κ3) is 3.90. The molecule has 1 aliphatic rings. The Morgan fingerprint density at radius 3 is 2.89 bits per heavy atom. The van der Waals surface area contributed by atoms with E-state index in [1.165, 1.54) is 0 Å². The highest BCUT2D eigenvalue weighted by atomic mass is 16.5. The predicted molar refractivity (Wildman–Crippen MR) is 96.5 cm³/mol. The molecule has 1 aliphatic heterocycles. The van der Waals surface area contributed by atoms with Crippen LogP contribution in [0.2, 0.25) is 0 Å². The largest absolute Gasteiger partial charge is 0.377 e. The number of carbonyl (C=O) groups is 1. The molecule has 0 bridgehead atoms. The number of hydrogen-bond donors (Lipinski definition) is 0. The Hall–Kier alpha value is -3.00. The van der Waals surface area contributed by atoms with Crippen molar-refractivity contribution in [1.29, 1.82) is 0 Å². The first kappa shape index (κ1) is 17.4. The lowest BCUT2D eigenvalue weighted by Crippen LogP contribution is -2.43. The lowest BCUT2D eigenvalue weighted by molar-refractivity contribution is -0.141. The molecule has 0 radical (unpaired) electrons. The van der Waals surface area contributed by atoms with Gasteiger partial charge in [-0.25, -0.2) is 0 Å². The minimum atomic E-state index is -0.361. The van der Waals surface area contributed by atoms with Crippen LogP contribution in [0.25, 0.3) is 11.4 Å². The van der Waals surface area contributed by atoms with Crippen LogP contribution in [-0.2, 0) is 23.0 Å². The van der Waals surface area contributed by atoms with Crippen LogP contribution < -0.4 is 0 Å². The molecule has 27 heavy (non-hydrogen) atoms. The Bertz CT molecular complexity index is 905. The molecule has 2 aromatic heterocycles. The van der Waals surface area contributed by atoms with E-state index in [1.807, 2.05) is 49.6 Å². The van der Waals surface area contributed by atoms with Crippen LogP contribution in [0.3, 0.4) is 0 Å². The van der Waals surface area contributed by atoms with E-state index in [9.17, 15) is 4.79 Å². The van der Waals surface area contributed by atoms with E-state index in [2.05, 4.69) is 15.2 Å². The van der Waals surface area contributed by atoms with E-state index in [4.69, 9.17) is 9.26 Å². The summed E-state index contributed by atoms with van der Waals surface area (Å²) in [7, 11) is 1.86. The molecule has 1 atom stereocenters. The second-order valence-corrected chi connectivity index (χ2v) is 6.48. The van der Waals surface area contributed by atoms with Crippen molar-refractivity contribution in [3.05, 3.63) is 54.2 Å². The van der Waals surface area contributed by atoms with E-state index in [1.54, 1.807) is 9.58 Å². The van der Waals surface area contributed by atoms with Crippen LogP contribution in [0.5, 0.6) is 0 Å². The van der Waals surface area contributed by atoms with E-state index in [0.29, 0.717) is 44.3 Å². The van der Waals surface area contributed by atoms with Gasteiger partial charge in [0.2, 0.25) is 11.7 Å². The number of amides is 1. The first-order valence-corrected chi connectivity index (χ1v) is 8.95.